The van der Waals surface area contributed by atoms with Gasteiger partial charge in [0.25, 0.3) is 0 Å². The van der Waals surface area contributed by atoms with Crippen LogP contribution in [0, 0.1) is 6.92 Å². The molecule has 0 atom stereocenters. The molecule has 1 saturated carbocycles. The van der Waals surface area contributed by atoms with E-state index < -0.39 is 0 Å². The van der Waals surface area contributed by atoms with Crippen molar-refractivity contribution in [2.75, 3.05) is 31.1 Å². The van der Waals surface area contributed by atoms with Crippen LogP contribution in [-0.4, -0.2) is 56.8 Å². The fourth-order valence-corrected chi connectivity index (χ4v) is 5.18. The maximum atomic E-state index is 4.46. The zero-order chi connectivity index (χ0) is 16.4. The van der Waals surface area contributed by atoms with Crippen LogP contribution in [0.5, 0.6) is 0 Å². The fraction of sp³-hybridized carbons (Fsp3) is 0.667. The van der Waals surface area contributed by atoms with Gasteiger partial charge in [-0.1, -0.05) is 12.8 Å². The highest BCUT2D eigenvalue weighted by Gasteiger charge is 2.39. The van der Waals surface area contributed by atoms with E-state index in [1.165, 1.54) is 55.8 Å². The molecule has 2 aromatic heterocycles. The Labute approximate surface area is 148 Å². The van der Waals surface area contributed by atoms with Crippen LogP contribution < -0.4 is 5.32 Å². The first-order chi connectivity index (χ1) is 11.8. The van der Waals surface area contributed by atoms with Gasteiger partial charge in [0.2, 0.25) is 0 Å². The predicted molar refractivity (Wildman–Crippen MR) is 100 cm³/mol. The van der Waals surface area contributed by atoms with Gasteiger partial charge in [0.05, 0.1) is 0 Å². The summed E-state index contributed by atoms with van der Waals surface area (Å²) in [6.45, 7) is 6.55. The molecule has 1 saturated heterocycles. The molecule has 0 spiro atoms. The quantitative estimate of drug-likeness (QED) is 0.873. The molecule has 0 aromatic carbocycles. The van der Waals surface area contributed by atoms with E-state index in [2.05, 4.69) is 50.2 Å². The molecule has 2 aliphatic rings. The van der Waals surface area contributed by atoms with E-state index in [-0.39, 0.29) is 0 Å². The van der Waals surface area contributed by atoms with E-state index in [4.69, 9.17) is 0 Å². The number of rotatable bonds is 5. The number of nitrogens with one attached hydrogen (secondary N) is 2. The van der Waals surface area contributed by atoms with Crippen LogP contribution in [0.4, 0.5) is 0 Å². The maximum absolute atomic E-state index is 4.46. The molecule has 2 fully saturated rings. The molecule has 2 N–H and O–H groups in total. The van der Waals surface area contributed by atoms with Crippen molar-refractivity contribution in [2.24, 2.45) is 0 Å². The SMILES string of the molecule is Cc1[nH]nc2ncc(CNCC3(N4CCSCC4)CCCC3)cc12. The lowest BCUT2D eigenvalue weighted by atomic mass is 9.94. The molecule has 3 heterocycles. The smallest absolute Gasteiger partial charge is 0.181 e. The van der Waals surface area contributed by atoms with E-state index in [0.29, 0.717) is 5.54 Å². The molecule has 0 bridgehead atoms. The second kappa shape index (κ2) is 7.02. The Morgan fingerprint density at radius 3 is 2.88 bits per heavy atom. The lowest BCUT2D eigenvalue weighted by molar-refractivity contribution is 0.102. The average Bonchev–Trinajstić information content (AvgIpc) is 3.24. The Bertz CT molecular complexity index is 686. The summed E-state index contributed by atoms with van der Waals surface area (Å²) in [6.07, 6.45) is 7.42. The Hall–Kier alpha value is -1.11. The number of H-pyrrole nitrogens is 1. The van der Waals surface area contributed by atoms with Gasteiger partial charge < -0.3 is 5.32 Å². The average molecular weight is 346 g/mol. The summed E-state index contributed by atoms with van der Waals surface area (Å²) >= 11 is 2.10. The number of pyridine rings is 1. The van der Waals surface area contributed by atoms with Gasteiger partial charge in [-0.3, -0.25) is 10.00 Å². The molecule has 0 unspecified atom stereocenters. The molecule has 1 aliphatic heterocycles. The van der Waals surface area contributed by atoms with Crippen molar-refractivity contribution in [1.29, 1.82) is 0 Å². The topological polar surface area (TPSA) is 56.8 Å². The number of thioether (sulfide) groups is 1. The van der Waals surface area contributed by atoms with Crippen molar-refractivity contribution >= 4 is 22.8 Å². The first-order valence-electron chi connectivity index (χ1n) is 9.10. The summed E-state index contributed by atoms with van der Waals surface area (Å²) in [4.78, 5) is 7.23. The number of aromatic nitrogens is 3. The van der Waals surface area contributed by atoms with E-state index in [1.807, 2.05) is 6.20 Å². The van der Waals surface area contributed by atoms with Gasteiger partial charge in [-0.15, -0.1) is 0 Å². The predicted octanol–water partition coefficient (Wildman–Crippen LogP) is 2.72. The first kappa shape index (κ1) is 16.4. The molecule has 0 amide bonds. The molecule has 24 heavy (non-hydrogen) atoms. The van der Waals surface area contributed by atoms with Crippen LogP contribution in [0.2, 0.25) is 0 Å². The molecular formula is C18H27N5S. The van der Waals surface area contributed by atoms with E-state index in [0.717, 1.165) is 29.8 Å². The number of aromatic amines is 1. The summed E-state index contributed by atoms with van der Waals surface area (Å²) in [5.74, 6) is 2.59. The van der Waals surface area contributed by atoms with E-state index >= 15 is 0 Å². The van der Waals surface area contributed by atoms with Crippen molar-refractivity contribution in [3.63, 3.8) is 0 Å². The minimum Gasteiger partial charge on any atom is -0.311 e. The van der Waals surface area contributed by atoms with Crippen molar-refractivity contribution in [2.45, 2.75) is 44.7 Å². The highest BCUT2D eigenvalue weighted by molar-refractivity contribution is 7.99. The van der Waals surface area contributed by atoms with Gasteiger partial charge in [0, 0.05) is 60.5 Å². The standard InChI is InChI=1S/C18H27N5S/c1-14-16-10-15(12-20-17(16)22-21-14)11-19-13-18(4-2-3-5-18)23-6-8-24-9-7-23/h10,12,19H,2-9,11,13H2,1H3,(H,20,21,22). The number of fused-ring (bicyclic) bond motifs is 1. The second-order valence-corrected chi connectivity index (χ2v) is 8.42. The van der Waals surface area contributed by atoms with Crippen molar-refractivity contribution < 1.29 is 0 Å². The molecule has 4 rings (SSSR count). The van der Waals surface area contributed by atoms with Gasteiger partial charge in [0.1, 0.15) is 0 Å². The Morgan fingerprint density at radius 2 is 2.08 bits per heavy atom. The maximum Gasteiger partial charge on any atom is 0.181 e. The summed E-state index contributed by atoms with van der Waals surface area (Å²) < 4.78 is 0. The number of hydrogen-bond donors (Lipinski definition) is 2. The highest BCUT2D eigenvalue weighted by atomic mass is 32.2. The summed E-state index contributed by atoms with van der Waals surface area (Å²) in [7, 11) is 0. The third-order valence-electron chi connectivity index (χ3n) is 5.66. The summed E-state index contributed by atoms with van der Waals surface area (Å²) in [6, 6.07) is 2.22. The van der Waals surface area contributed by atoms with Crippen LogP contribution >= 0.6 is 11.8 Å². The van der Waals surface area contributed by atoms with Crippen molar-refractivity contribution in [3.8, 4) is 0 Å². The first-order valence-corrected chi connectivity index (χ1v) is 10.3. The number of hydrogen-bond acceptors (Lipinski definition) is 5. The van der Waals surface area contributed by atoms with Gasteiger partial charge in [0.15, 0.2) is 5.65 Å². The molecule has 2 aromatic rings. The van der Waals surface area contributed by atoms with Crippen LogP contribution in [0.1, 0.15) is 36.9 Å². The molecule has 5 nitrogen and oxygen atoms in total. The van der Waals surface area contributed by atoms with Crippen LogP contribution in [-0.2, 0) is 6.54 Å². The monoisotopic (exact) mass is 345 g/mol. The van der Waals surface area contributed by atoms with Gasteiger partial charge in [-0.25, -0.2) is 4.98 Å². The third kappa shape index (κ3) is 3.19. The molecule has 1 aliphatic carbocycles. The second-order valence-electron chi connectivity index (χ2n) is 7.20. The zero-order valence-corrected chi connectivity index (χ0v) is 15.3. The fourth-order valence-electron chi connectivity index (χ4n) is 4.27. The zero-order valence-electron chi connectivity index (χ0n) is 14.5. The van der Waals surface area contributed by atoms with E-state index in [1.54, 1.807) is 0 Å². The minimum atomic E-state index is 0.393. The molecular weight excluding hydrogens is 318 g/mol. The molecule has 130 valence electrons. The lowest BCUT2D eigenvalue weighted by Crippen LogP contribution is -2.55. The number of nitrogens with zero attached hydrogens (tertiary/aromatic N) is 3. The Morgan fingerprint density at radius 1 is 1.29 bits per heavy atom. The van der Waals surface area contributed by atoms with Crippen molar-refractivity contribution in [1.82, 2.24) is 25.4 Å². The highest BCUT2D eigenvalue weighted by Crippen LogP contribution is 2.36. The molecule has 0 radical (unpaired) electrons. The largest absolute Gasteiger partial charge is 0.311 e. The van der Waals surface area contributed by atoms with Crippen LogP contribution in [0.15, 0.2) is 12.3 Å². The summed E-state index contributed by atoms with van der Waals surface area (Å²) in [5, 5.41) is 12.1. The van der Waals surface area contributed by atoms with E-state index in [9.17, 15) is 0 Å². The Kier molecular flexibility index (Phi) is 4.79. The van der Waals surface area contributed by atoms with Crippen LogP contribution in [0.3, 0.4) is 0 Å². The van der Waals surface area contributed by atoms with Gasteiger partial charge >= 0.3 is 0 Å². The normalized spacial score (nSPS) is 21.5. The Balaban J connectivity index is 1.41. The minimum absolute atomic E-state index is 0.393. The van der Waals surface area contributed by atoms with Crippen LogP contribution in [0.25, 0.3) is 11.0 Å². The van der Waals surface area contributed by atoms with Gasteiger partial charge in [-0.05, 0) is 31.4 Å². The van der Waals surface area contributed by atoms with Gasteiger partial charge in [-0.2, -0.15) is 16.9 Å². The van der Waals surface area contributed by atoms with Crippen molar-refractivity contribution in [3.05, 3.63) is 23.5 Å². The summed E-state index contributed by atoms with van der Waals surface area (Å²) in [5.41, 5.74) is 3.55. The lowest BCUT2D eigenvalue weighted by Gasteiger charge is -2.43. The number of aryl methyl sites for hydroxylation is 1. The molecule has 6 heteroatoms. The third-order valence-corrected chi connectivity index (χ3v) is 6.60.